The van der Waals surface area contributed by atoms with Crippen molar-refractivity contribution in [1.29, 1.82) is 5.26 Å². The van der Waals surface area contributed by atoms with Crippen LogP contribution in [-0.4, -0.2) is 30.7 Å². The summed E-state index contributed by atoms with van der Waals surface area (Å²) < 4.78 is 7.45. The molecule has 0 saturated carbocycles. The second kappa shape index (κ2) is 7.07. The van der Waals surface area contributed by atoms with E-state index in [-0.39, 0.29) is 5.91 Å². The van der Waals surface area contributed by atoms with Gasteiger partial charge < -0.3 is 14.6 Å². The van der Waals surface area contributed by atoms with Crippen molar-refractivity contribution in [3.63, 3.8) is 0 Å². The maximum atomic E-state index is 12.3. The molecule has 1 heterocycles. The molecule has 108 valence electrons. The Hall–Kier alpha value is -2.10. The summed E-state index contributed by atoms with van der Waals surface area (Å²) in [6, 6.07) is 11.2. The predicted octanol–water partition coefficient (Wildman–Crippen LogP) is 2.49. The van der Waals surface area contributed by atoms with Gasteiger partial charge in [-0.25, -0.2) is 0 Å². The number of hydrogen-bond donors (Lipinski definition) is 1. The zero-order valence-electron chi connectivity index (χ0n) is 11.5. The molecule has 0 fully saturated rings. The Morgan fingerprint density at radius 3 is 2.86 bits per heavy atom. The molecule has 21 heavy (non-hydrogen) atoms. The lowest BCUT2D eigenvalue weighted by molar-refractivity contribution is 0.0930. The van der Waals surface area contributed by atoms with Gasteiger partial charge in [-0.3, -0.25) is 4.79 Å². The monoisotopic (exact) mass is 347 g/mol. The molecule has 2 rings (SSSR count). The molecule has 5 nitrogen and oxygen atoms in total. The molecule has 2 aromatic rings. The third kappa shape index (κ3) is 3.32. The molecular formula is C15H14BrN3O2. The number of ether oxygens (including phenoxy) is 1. The molecule has 0 saturated heterocycles. The van der Waals surface area contributed by atoms with Crippen LogP contribution in [0.2, 0.25) is 0 Å². The van der Waals surface area contributed by atoms with Crippen LogP contribution in [0.1, 0.15) is 16.1 Å². The zero-order chi connectivity index (χ0) is 15.2. The van der Waals surface area contributed by atoms with Gasteiger partial charge >= 0.3 is 0 Å². The first-order valence-electron chi connectivity index (χ1n) is 6.32. The molecule has 0 aliphatic carbocycles. The van der Waals surface area contributed by atoms with Crippen molar-refractivity contribution in [2.75, 3.05) is 20.3 Å². The number of amides is 1. The summed E-state index contributed by atoms with van der Waals surface area (Å²) in [5.41, 5.74) is 1.46. The summed E-state index contributed by atoms with van der Waals surface area (Å²) in [7, 11) is 1.57. The van der Waals surface area contributed by atoms with E-state index < -0.39 is 0 Å². The Morgan fingerprint density at radius 2 is 2.19 bits per heavy atom. The number of nitriles is 1. The van der Waals surface area contributed by atoms with Gasteiger partial charge in [-0.2, -0.15) is 5.26 Å². The Balaban J connectivity index is 2.41. The van der Waals surface area contributed by atoms with Gasteiger partial charge in [0.25, 0.3) is 5.91 Å². The van der Waals surface area contributed by atoms with Crippen molar-refractivity contribution in [2.45, 2.75) is 0 Å². The minimum absolute atomic E-state index is 0.302. The average Bonchev–Trinajstić information content (AvgIpc) is 2.91. The first-order chi connectivity index (χ1) is 10.2. The van der Waals surface area contributed by atoms with E-state index in [0.717, 1.165) is 10.2 Å². The van der Waals surface area contributed by atoms with Crippen LogP contribution >= 0.6 is 15.9 Å². The number of methoxy groups -OCH3 is 1. The number of benzene rings is 1. The second-order valence-electron chi connectivity index (χ2n) is 4.26. The standard InChI is InChI=1S/C15H14BrN3O2/c1-21-9-7-18-15(20)14-11(10-17)6-8-19(14)13-5-3-2-4-12(13)16/h2-6,8H,7,9H2,1H3,(H,18,20). The third-order valence-corrected chi connectivity index (χ3v) is 3.60. The smallest absolute Gasteiger partial charge is 0.269 e. The van der Waals surface area contributed by atoms with Gasteiger partial charge in [0.1, 0.15) is 11.8 Å². The van der Waals surface area contributed by atoms with Gasteiger partial charge in [0, 0.05) is 24.3 Å². The van der Waals surface area contributed by atoms with Gasteiger partial charge in [-0.05, 0) is 34.1 Å². The fourth-order valence-corrected chi connectivity index (χ4v) is 2.43. The normalized spacial score (nSPS) is 10.1. The third-order valence-electron chi connectivity index (χ3n) is 2.93. The first kappa shape index (κ1) is 15.3. The quantitative estimate of drug-likeness (QED) is 0.845. The van der Waals surface area contributed by atoms with E-state index in [1.165, 1.54) is 0 Å². The zero-order valence-corrected chi connectivity index (χ0v) is 13.1. The summed E-state index contributed by atoms with van der Waals surface area (Å²) in [5, 5.41) is 11.9. The summed E-state index contributed by atoms with van der Waals surface area (Å²) in [6.45, 7) is 0.810. The van der Waals surface area contributed by atoms with Crippen LogP contribution in [0.25, 0.3) is 5.69 Å². The Kier molecular flexibility index (Phi) is 5.14. The van der Waals surface area contributed by atoms with Crippen molar-refractivity contribution in [3.05, 3.63) is 52.3 Å². The highest BCUT2D eigenvalue weighted by Gasteiger charge is 2.18. The first-order valence-corrected chi connectivity index (χ1v) is 7.11. The molecule has 1 aromatic carbocycles. The number of halogens is 1. The fraction of sp³-hybridized carbons (Fsp3) is 0.200. The topological polar surface area (TPSA) is 67.0 Å². The summed E-state index contributed by atoms with van der Waals surface area (Å²) in [5.74, 6) is -0.302. The van der Waals surface area contributed by atoms with E-state index in [4.69, 9.17) is 4.74 Å². The second-order valence-corrected chi connectivity index (χ2v) is 5.11. The highest BCUT2D eigenvalue weighted by Crippen LogP contribution is 2.24. The van der Waals surface area contributed by atoms with Crippen LogP contribution < -0.4 is 5.32 Å². The number of carbonyl (C=O) groups is 1. The van der Waals surface area contributed by atoms with Gasteiger partial charge in [0.15, 0.2) is 0 Å². The number of rotatable bonds is 5. The molecule has 0 radical (unpaired) electrons. The lowest BCUT2D eigenvalue weighted by atomic mass is 10.2. The number of carbonyl (C=O) groups excluding carboxylic acids is 1. The number of nitrogens with one attached hydrogen (secondary N) is 1. The SMILES string of the molecule is COCCNC(=O)c1c(C#N)ccn1-c1ccccc1Br. The van der Waals surface area contributed by atoms with E-state index in [2.05, 4.69) is 21.2 Å². The van der Waals surface area contributed by atoms with Crippen molar-refractivity contribution >= 4 is 21.8 Å². The van der Waals surface area contributed by atoms with Crippen LogP contribution in [0, 0.1) is 11.3 Å². The summed E-state index contributed by atoms with van der Waals surface area (Å²) in [6.07, 6.45) is 1.71. The summed E-state index contributed by atoms with van der Waals surface area (Å²) >= 11 is 3.46. The maximum absolute atomic E-state index is 12.3. The van der Waals surface area contributed by atoms with E-state index >= 15 is 0 Å². The Bertz CT molecular complexity index is 688. The number of hydrogen-bond acceptors (Lipinski definition) is 3. The van der Waals surface area contributed by atoms with Crippen molar-refractivity contribution < 1.29 is 9.53 Å². The van der Waals surface area contributed by atoms with E-state index in [1.807, 2.05) is 30.3 Å². The molecule has 0 spiro atoms. The van der Waals surface area contributed by atoms with Crippen molar-refractivity contribution in [2.24, 2.45) is 0 Å². The highest BCUT2D eigenvalue weighted by atomic mass is 79.9. The lowest BCUT2D eigenvalue weighted by Gasteiger charge is -2.11. The number of nitrogens with zero attached hydrogens (tertiary/aromatic N) is 2. The van der Waals surface area contributed by atoms with Gasteiger partial charge in [-0.15, -0.1) is 0 Å². The molecule has 0 aliphatic rings. The van der Waals surface area contributed by atoms with Crippen LogP contribution in [0.15, 0.2) is 41.0 Å². The van der Waals surface area contributed by atoms with E-state index in [1.54, 1.807) is 23.9 Å². The van der Waals surface area contributed by atoms with E-state index in [9.17, 15) is 10.1 Å². The highest BCUT2D eigenvalue weighted by molar-refractivity contribution is 9.10. The van der Waals surface area contributed by atoms with Gasteiger partial charge in [0.2, 0.25) is 0 Å². The molecule has 6 heteroatoms. The Morgan fingerprint density at radius 1 is 1.43 bits per heavy atom. The fourth-order valence-electron chi connectivity index (χ4n) is 1.95. The van der Waals surface area contributed by atoms with Crippen LogP contribution in [0.5, 0.6) is 0 Å². The number of aromatic nitrogens is 1. The van der Waals surface area contributed by atoms with Crippen LogP contribution in [0.4, 0.5) is 0 Å². The molecule has 1 amide bonds. The van der Waals surface area contributed by atoms with Gasteiger partial charge in [-0.1, -0.05) is 12.1 Å². The maximum Gasteiger partial charge on any atom is 0.269 e. The van der Waals surface area contributed by atoms with Crippen LogP contribution in [0.3, 0.4) is 0 Å². The van der Waals surface area contributed by atoms with Gasteiger partial charge in [0.05, 0.1) is 17.9 Å². The minimum Gasteiger partial charge on any atom is -0.383 e. The molecule has 0 bridgehead atoms. The number of para-hydroxylation sites is 1. The van der Waals surface area contributed by atoms with E-state index in [0.29, 0.717) is 24.4 Å². The average molecular weight is 348 g/mol. The lowest BCUT2D eigenvalue weighted by Crippen LogP contribution is -2.29. The largest absolute Gasteiger partial charge is 0.383 e. The summed E-state index contributed by atoms with van der Waals surface area (Å²) in [4.78, 5) is 12.3. The molecule has 0 aliphatic heterocycles. The molecule has 0 atom stereocenters. The van der Waals surface area contributed by atoms with Crippen molar-refractivity contribution in [1.82, 2.24) is 9.88 Å². The Labute approximate surface area is 131 Å². The predicted molar refractivity (Wildman–Crippen MR) is 82.4 cm³/mol. The molecule has 0 unspecified atom stereocenters. The minimum atomic E-state index is -0.302. The van der Waals surface area contributed by atoms with Crippen LogP contribution in [-0.2, 0) is 4.74 Å². The van der Waals surface area contributed by atoms with Crippen molar-refractivity contribution in [3.8, 4) is 11.8 Å². The molecular weight excluding hydrogens is 334 g/mol. The molecule has 1 aromatic heterocycles. The molecule has 1 N–H and O–H groups in total.